The van der Waals surface area contributed by atoms with Gasteiger partial charge >= 0.3 is 0 Å². The second kappa shape index (κ2) is 27.8. The molecule has 0 bridgehead atoms. The Labute approximate surface area is 522 Å². The van der Waals surface area contributed by atoms with Crippen LogP contribution in [0.15, 0.2) is 11.6 Å². The Balaban J connectivity index is 0.895. The number of fused-ring (bicyclic) bond motifs is 5. The minimum Gasteiger partial charge on any atom is -0.394 e. The average Bonchev–Trinajstić information content (AvgIpc) is 1.28. The average molecular weight is 1300 g/mol. The minimum atomic E-state index is -1.98. The molecule has 2 unspecified atom stereocenters. The van der Waals surface area contributed by atoms with Crippen molar-refractivity contribution in [2.45, 2.75) is 284 Å². The topological polar surface area (TPSA) is 497 Å². The maximum atomic E-state index is 12.8. The summed E-state index contributed by atoms with van der Waals surface area (Å²) in [5, 5.41) is 218. The van der Waals surface area contributed by atoms with Crippen molar-refractivity contribution in [2.24, 2.45) is 45.3 Å². The van der Waals surface area contributed by atoms with Gasteiger partial charge in [-0.25, -0.2) is 0 Å². The van der Waals surface area contributed by atoms with E-state index in [-0.39, 0.29) is 24.2 Å². The van der Waals surface area contributed by atoms with E-state index in [4.69, 9.17) is 47.4 Å². The van der Waals surface area contributed by atoms with Crippen LogP contribution in [0.25, 0.3) is 0 Å². The zero-order valence-corrected chi connectivity index (χ0v) is 52.1. The summed E-state index contributed by atoms with van der Waals surface area (Å²) in [6.45, 7) is 11.8. The van der Waals surface area contributed by atoms with Gasteiger partial charge in [0.25, 0.3) is 0 Å². The maximum Gasteiger partial charge on any atom is 0.187 e. The maximum absolute atomic E-state index is 12.8. The second-order valence-electron chi connectivity index (χ2n) is 28.9. The molecule has 522 valence electrons. The van der Waals surface area contributed by atoms with Crippen LogP contribution in [0, 0.1) is 45.3 Å². The van der Waals surface area contributed by atoms with Gasteiger partial charge < -0.3 is 149 Å². The van der Waals surface area contributed by atoms with Crippen molar-refractivity contribution in [2.75, 3.05) is 33.0 Å². The third-order valence-electron chi connectivity index (χ3n) is 22.8. The normalized spacial score (nSPS) is 52.2. The third-order valence-corrected chi connectivity index (χ3v) is 22.8. The van der Waals surface area contributed by atoms with E-state index >= 15 is 0 Å². The van der Waals surface area contributed by atoms with Gasteiger partial charge in [0.05, 0.1) is 63.1 Å². The molecule has 5 saturated heterocycles. The van der Waals surface area contributed by atoms with Crippen molar-refractivity contribution in [3.05, 3.63) is 11.6 Å². The molecule has 5 aliphatic heterocycles. The number of aliphatic hydroxyl groups is 20. The molecule has 3 saturated carbocycles. The van der Waals surface area contributed by atoms with Crippen LogP contribution in [-0.4, -0.2) is 319 Å². The van der Waals surface area contributed by atoms with Gasteiger partial charge in [-0.05, 0) is 87.4 Å². The van der Waals surface area contributed by atoms with Crippen LogP contribution >= 0.6 is 0 Å². The molecule has 0 aromatic heterocycles. The molecule has 0 aromatic carbocycles. The van der Waals surface area contributed by atoms with E-state index in [0.717, 1.165) is 5.57 Å². The number of hydrogen-bond donors (Lipinski definition) is 20. The molecule has 9 rings (SSSR count). The fourth-order valence-corrected chi connectivity index (χ4v) is 17.1. The van der Waals surface area contributed by atoms with Crippen LogP contribution in [0.1, 0.15) is 100 Å². The Kier molecular flexibility index (Phi) is 22.5. The van der Waals surface area contributed by atoms with Crippen molar-refractivity contribution in [3.8, 4) is 0 Å². The zero-order chi connectivity index (χ0) is 66.4. The van der Waals surface area contributed by atoms with E-state index in [0.29, 0.717) is 38.5 Å². The molecule has 0 aromatic rings. The summed E-state index contributed by atoms with van der Waals surface area (Å²) in [5.74, 6) is -0.884. The molecule has 30 nitrogen and oxygen atoms in total. The summed E-state index contributed by atoms with van der Waals surface area (Å²) in [7, 11) is 0. The van der Waals surface area contributed by atoms with Gasteiger partial charge in [0, 0.05) is 16.7 Å². The highest BCUT2D eigenvalue weighted by Crippen LogP contribution is 2.75. The van der Waals surface area contributed by atoms with Crippen LogP contribution in [0.4, 0.5) is 0 Å². The summed E-state index contributed by atoms with van der Waals surface area (Å²) < 4.78 is 59.2. The van der Waals surface area contributed by atoms with Gasteiger partial charge in [-0.3, -0.25) is 0 Å². The summed E-state index contributed by atoms with van der Waals surface area (Å²) in [6.07, 6.45) is -41.2. The van der Waals surface area contributed by atoms with Gasteiger partial charge in [-0.15, -0.1) is 0 Å². The number of rotatable bonds is 20. The van der Waals surface area contributed by atoms with E-state index in [9.17, 15) is 102 Å². The number of hydrogen-bond acceptors (Lipinski definition) is 30. The first-order valence-corrected chi connectivity index (χ1v) is 31.7. The summed E-state index contributed by atoms with van der Waals surface area (Å²) in [6, 6.07) is 0. The highest BCUT2D eigenvalue weighted by molar-refractivity contribution is 5.34. The first-order valence-electron chi connectivity index (χ1n) is 31.7. The van der Waals surface area contributed by atoms with Crippen LogP contribution < -0.4 is 0 Å². The SMILES string of the molecule is C[C@H](CC[C@@H](O[C@@H]1O[C@H](CO[C@@H]2O[C@H](CO)[C@@H](O)[C@H](O)[C@H]2O)[C@@H](O)[C@H](O)[C@H]1O[C@@H]1O[C@H](CO)[C@@H](O)[C@H](O)[C@H]1O)C(C)(C)O)C1CC[C@@]2(C)[C@@H]3C(O)C=C4[C@@H](CC[C@H](O[C@@H]5O[C@H](CO[C@@H]6O[C@H](CO)[C@@H](O)[C@H](O)[C@H]6O)[C@@H](O)[C@H](O)[C@H]5O)C4(C)C)[C@]3(C)[C@H](O)C[C@]12C. The minimum absolute atomic E-state index is 0.0568. The summed E-state index contributed by atoms with van der Waals surface area (Å²) in [5.41, 5.74) is -3.69. The Morgan fingerprint density at radius 3 is 1.43 bits per heavy atom. The smallest absolute Gasteiger partial charge is 0.187 e. The van der Waals surface area contributed by atoms with Crippen molar-refractivity contribution in [1.29, 1.82) is 0 Å². The summed E-state index contributed by atoms with van der Waals surface area (Å²) >= 11 is 0. The Morgan fingerprint density at radius 2 is 0.944 bits per heavy atom. The van der Waals surface area contributed by atoms with Gasteiger partial charge in [0.15, 0.2) is 31.5 Å². The molecule has 20 N–H and O–H groups in total. The van der Waals surface area contributed by atoms with Gasteiger partial charge in [0.2, 0.25) is 0 Å². The molecule has 0 amide bonds. The van der Waals surface area contributed by atoms with Crippen LogP contribution in [0.2, 0.25) is 0 Å². The lowest BCUT2D eigenvalue weighted by Crippen LogP contribution is -2.68. The first-order chi connectivity index (χ1) is 42.0. The molecule has 4 aliphatic carbocycles. The zero-order valence-electron chi connectivity index (χ0n) is 52.1. The Bertz CT molecular complexity index is 2380. The quantitative estimate of drug-likeness (QED) is 0.0504. The molecule has 36 atom stereocenters. The second-order valence-corrected chi connectivity index (χ2v) is 28.9. The Hall–Kier alpha value is -1.46. The predicted octanol–water partition coefficient (Wildman–Crippen LogP) is -6.44. The van der Waals surface area contributed by atoms with Crippen molar-refractivity contribution in [1.82, 2.24) is 0 Å². The lowest BCUT2D eigenvalue weighted by molar-refractivity contribution is -0.380. The molecular formula is C60H102O30. The van der Waals surface area contributed by atoms with Crippen LogP contribution in [-0.2, 0) is 47.4 Å². The van der Waals surface area contributed by atoms with E-state index < -0.39 is 244 Å². The summed E-state index contributed by atoms with van der Waals surface area (Å²) in [4.78, 5) is 0. The number of aliphatic hydroxyl groups excluding tert-OH is 19. The molecule has 0 radical (unpaired) electrons. The van der Waals surface area contributed by atoms with Crippen molar-refractivity contribution < 1.29 is 149 Å². The fraction of sp³-hybridized carbons (Fsp3) is 0.967. The van der Waals surface area contributed by atoms with Crippen LogP contribution in [0.5, 0.6) is 0 Å². The first kappa shape index (κ1) is 72.8. The van der Waals surface area contributed by atoms with Crippen molar-refractivity contribution in [3.63, 3.8) is 0 Å². The Morgan fingerprint density at radius 1 is 0.511 bits per heavy atom. The fourth-order valence-electron chi connectivity index (χ4n) is 17.1. The molecule has 5 heterocycles. The molecular weight excluding hydrogens is 1200 g/mol. The lowest BCUT2D eigenvalue weighted by atomic mass is 9.37. The standard InChI is InChI=1S/C60H102O30/c1-22(9-11-34(57(4,5)80)89-55-49(90-54-48(79)42(73)37(68)29(19-63)85-54)44(75)39(70)31(87-55)21-82-52-46(77)41(72)36(67)28(18-62)84-52)23-13-14-58(6)50-26(64)15-25-24(60(50,8)32(65)16-59(23,58)7)10-12-33(56(25,2)3)88-53-47(78)43(74)38(69)30(86-53)20-81-51-45(76)40(71)35(66)27(17-61)83-51/h15,22-24,26-55,61-80H,9-14,16-21H2,1-8H3/t22-,23?,24-,26?,27-,28-,29-,30-,31-,32-,33+,34-,35-,36-,37-,38-,39-,40+,41+,42+,43+,44+,45-,46-,47-,48-,49-,50+,51-,52-,53+,54+,55+,58+,59-,60-/m1/s1. The van der Waals surface area contributed by atoms with Gasteiger partial charge in [-0.2, -0.15) is 0 Å². The van der Waals surface area contributed by atoms with Crippen LogP contribution in [0.3, 0.4) is 0 Å². The predicted molar refractivity (Wildman–Crippen MR) is 302 cm³/mol. The third kappa shape index (κ3) is 13.0. The van der Waals surface area contributed by atoms with Crippen molar-refractivity contribution >= 4 is 0 Å². The molecule has 0 spiro atoms. The number of ether oxygens (including phenoxy) is 10. The van der Waals surface area contributed by atoms with E-state index in [1.54, 1.807) is 0 Å². The molecule has 30 heteroatoms. The monoisotopic (exact) mass is 1300 g/mol. The van der Waals surface area contributed by atoms with Gasteiger partial charge in [-0.1, -0.05) is 53.2 Å². The molecule has 8 fully saturated rings. The van der Waals surface area contributed by atoms with E-state index in [2.05, 4.69) is 20.8 Å². The highest BCUT2D eigenvalue weighted by atomic mass is 16.8. The molecule has 90 heavy (non-hydrogen) atoms. The van der Waals surface area contributed by atoms with Gasteiger partial charge in [0.1, 0.15) is 122 Å². The van der Waals surface area contributed by atoms with E-state index in [1.807, 2.05) is 26.8 Å². The largest absolute Gasteiger partial charge is 0.394 e. The molecule has 9 aliphatic rings. The van der Waals surface area contributed by atoms with E-state index in [1.165, 1.54) is 13.8 Å². The highest BCUT2D eigenvalue weighted by Gasteiger charge is 2.72. The lowest BCUT2D eigenvalue weighted by Gasteiger charge is -2.68.